The Morgan fingerprint density at radius 1 is 0.800 bits per heavy atom. The lowest BCUT2D eigenvalue weighted by molar-refractivity contribution is 0.523. The Labute approximate surface area is 143 Å². The van der Waals surface area contributed by atoms with Crippen molar-refractivity contribution in [1.29, 1.82) is 0 Å². The minimum absolute atomic E-state index is 0. The summed E-state index contributed by atoms with van der Waals surface area (Å²) in [4.78, 5) is 0. The molecule has 0 saturated heterocycles. The highest BCUT2D eigenvalue weighted by molar-refractivity contribution is 5.86. The normalized spacial score (nSPS) is 15.1. The molecule has 8 heteroatoms. The summed E-state index contributed by atoms with van der Waals surface area (Å²) in [6.07, 6.45) is 4.23. The Balaban J connectivity index is -0.000000722. The molecule has 0 saturated carbocycles. The van der Waals surface area contributed by atoms with Crippen LogP contribution < -0.4 is 22.9 Å². The summed E-state index contributed by atoms with van der Waals surface area (Å²) in [6, 6.07) is 7.61. The average molecular weight is 362 g/mol. The first-order valence-electron chi connectivity index (χ1n) is 5.09. The molecule has 0 aliphatic heterocycles. The van der Waals surface area contributed by atoms with Crippen LogP contribution in [0.2, 0.25) is 0 Å². The molecule has 0 aromatic heterocycles. The summed E-state index contributed by atoms with van der Waals surface area (Å²) in [5, 5.41) is 0. The van der Waals surface area contributed by atoms with E-state index in [4.69, 9.17) is 22.9 Å². The molecule has 1 aliphatic rings. The van der Waals surface area contributed by atoms with E-state index in [9.17, 15) is 0 Å². The number of nitrogens with two attached hydrogens (primary N) is 4. The van der Waals surface area contributed by atoms with Crippen LogP contribution in [0.3, 0.4) is 0 Å². The summed E-state index contributed by atoms with van der Waals surface area (Å²) in [6.45, 7) is 0. The molecule has 116 valence electrons. The van der Waals surface area contributed by atoms with E-state index in [2.05, 4.69) is 0 Å². The minimum atomic E-state index is -0.953. The average Bonchev–Trinajstić information content (AvgIpc) is 2.23. The predicted molar refractivity (Wildman–Crippen MR) is 95.8 cm³/mol. The quantitative estimate of drug-likeness (QED) is 0.454. The van der Waals surface area contributed by atoms with E-state index in [0.29, 0.717) is 12.1 Å². The van der Waals surface area contributed by atoms with Crippen LogP contribution in [0.5, 0.6) is 0 Å². The zero-order valence-corrected chi connectivity index (χ0v) is 13.9. The molecule has 2 rings (SSSR count). The van der Waals surface area contributed by atoms with Crippen LogP contribution in [0.1, 0.15) is 12.0 Å². The molecule has 0 radical (unpaired) electrons. The van der Waals surface area contributed by atoms with Gasteiger partial charge in [-0.1, -0.05) is 18.2 Å². The van der Waals surface area contributed by atoms with Gasteiger partial charge in [0.2, 0.25) is 0 Å². The maximum absolute atomic E-state index is 5.90. The van der Waals surface area contributed by atoms with Gasteiger partial charge in [-0.2, -0.15) is 0 Å². The largest absolute Gasteiger partial charge is 0.399 e. The molecule has 8 N–H and O–H groups in total. The van der Waals surface area contributed by atoms with Crippen molar-refractivity contribution in [2.45, 2.75) is 12.1 Å². The predicted octanol–water partition coefficient (Wildman–Crippen LogP) is 2.20. The van der Waals surface area contributed by atoms with E-state index < -0.39 is 5.66 Å². The Morgan fingerprint density at radius 3 is 1.75 bits per heavy atom. The molecule has 0 atom stereocenters. The Morgan fingerprint density at radius 2 is 1.30 bits per heavy atom. The number of halogens is 4. The third kappa shape index (κ3) is 5.40. The highest BCUT2D eigenvalue weighted by Gasteiger charge is 2.26. The van der Waals surface area contributed by atoms with Crippen molar-refractivity contribution in [3.63, 3.8) is 0 Å². The fourth-order valence-corrected chi connectivity index (χ4v) is 1.72. The zero-order chi connectivity index (χ0) is 11.8. The lowest BCUT2D eigenvalue weighted by Gasteiger charge is -2.29. The number of hydrogen-bond donors (Lipinski definition) is 4. The Hall–Kier alpha value is -0.620. The summed E-state index contributed by atoms with van der Waals surface area (Å²) in [5.41, 5.74) is 25.6. The number of anilines is 1. The molecular formula is C12H20Cl4N4. The van der Waals surface area contributed by atoms with Crippen molar-refractivity contribution in [2.75, 3.05) is 5.73 Å². The third-order valence-electron chi connectivity index (χ3n) is 2.77. The van der Waals surface area contributed by atoms with Crippen LogP contribution in [0.15, 0.2) is 42.1 Å². The zero-order valence-electron chi connectivity index (χ0n) is 10.6. The first-order valence-corrected chi connectivity index (χ1v) is 5.09. The van der Waals surface area contributed by atoms with Gasteiger partial charge >= 0.3 is 0 Å². The van der Waals surface area contributed by atoms with Gasteiger partial charge in [-0.3, -0.25) is 0 Å². The lowest BCUT2D eigenvalue weighted by atomic mass is 9.89. The van der Waals surface area contributed by atoms with E-state index in [1.54, 1.807) is 6.08 Å². The summed E-state index contributed by atoms with van der Waals surface area (Å²) >= 11 is 0. The Bertz CT molecular complexity index is 469. The molecule has 1 aromatic carbocycles. The molecule has 1 aliphatic carbocycles. The Kier molecular flexibility index (Phi) is 11.4. The van der Waals surface area contributed by atoms with E-state index in [0.717, 1.165) is 16.8 Å². The van der Waals surface area contributed by atoms with Crippen LogP contribution in [-0.4, -0.2) is 5.66 Å². The molecule has 0 fully saturated rings. The standard InChI is InChI=1S/C12H16N4.4ClH/c13-10-4-1-8(2-5-10)9-3-6-11(14)12(15,16)7-9;;;;/h1-6H,7,13-16H2;4*1H. The van der Waals surface area contributed by atoms with Gasteiger partial charge in [0.15, 0.2) is 0 Å². The third-order valence-corrected chi connectivity index (χ3v) is 2.77. The molecule has 4 nitrogen and oxygen atoms in total. The van der Waals surface area contributed by atoms with Gasteiger partial charge in [-0.15, -0.1) is 49.6 Å². The minimum Gasteiger partial charge on any atom is -0.399 e. The van der Waals surface area contributed by atoms with Crippen molar-refractivity contribution in [1.82, 2.24) is 0 Å². The van der Waals surface area contributed by atoms with Crippen LogP contribution in [0.25, 0.3) is 5.57 Å². The maximum atomic E-state index is 5.90. The first kappa shape index (κ1) is 24.4. The van der Waals surface area contributed by atoms with Gasteiger partial charge in [0.25, 0.3) is 0 Å². The maximum Gasteiger partial charge on any atom is 0.109 e. The monoisotopic (exact) mass is 360 g/mol. The number of nitrogen functional groups attached to an aromatic ring is 1. The molecular weight excluding hydrogens is 342 g/mol. The van der Waals surface area contributed by atoms with Gasteiger partial charge in [0.05, 0.1) is 0 Å². The van der Waals surface area contributed by atoms with Gasteiger partial charge < -0.3 is 22.9 Å². The molecule has 0 amide bonds. The molecule has 0 bridgehead atoms. The smallest absolute Gasteiger partial charge is 0.109 e. The van der Waals surface area contributed by atoms with Crippen molar-refractivity contribution < 1.29 is 0 Å². The molecule has 0 spiro atoms. The van der Waals surface area contributed by atoms with E-state index in [1.807, 2.05) is 30.3 Å². The summed E-state index contributed by atoms with van der Waals surface area (Å²) in [5.74, 6) is 0. The number of rotatable bonds is 1. The topological polar surface area (TPSA) is 104 Å². The second-order valence-electron chi connectivity index (χ2n) is 4.15. The van der Waals surface area contributed by atoms with Crippen molar-refractivity contribution in [3.8, 4) is 0 Å². The summed E-state index contributed by atoms with van der Waals surface area (Å²) < 4.78 is 0. The number of allylic oxidation sites excluding steroid dienone is 2. The van der Waals surface area contributed by atoms with E-state index in [1.165, 1.54) is 0 Å². The first-order chi connectivity index (χ1) is 7.49. The van der Waals surface area contributed by atoms with Crippen LogP contribution in [0, 0.1) is 0 Å². The fraction of sp³-hybridized carbons (Fsp3) is 0.167. The molecule has 0 unspecified atom stereocenters. The second-order valence-corrected chi connectivity index (χ2v) is 4.15. The fourth-order valence-electron chi connectivity index (χ4n) is 1.72. The molecule has 1 aromatic rings. The van der Waals surface area contributed by atoms with Gasteiger partial charge in [0, 0.05) is 17.8 Å². The number of benzene rings is 1. The van der Waals surface area contributed by atoms with Crippen molar-refractivity contribution in [2.24, 2.45) is 17.2 Å². The van der Waals surface area contributed by atoms with Gasteiger partial charge in [-0.05, 0) is 29.3 Å². The lowest BCUT2D eigenvalue weighted by Crippen LogP contribution is -2.54. The second kappa shape index (κ2) is 9.34. The van der Waals surface area contributed by atoms with E-state index in [-0.39, 0.29) is 49.6 Å². The van der Waals surface area contributed by atoms with Crippen LogP contribution in [0.4, 0.5) is 5.69 Å². The highest BCUT2D eigenvalue weighted by atomic mass is 35.5. The van der Waals surface area contributed by atoms with E-state index >= 15 is 0 Å². The molecule has 0 heterocycles. The SMILES string of the molecule is Cl.Cl.Cl.Cl.NC1=CC=C(c2ccc(N)cc2)CC1(N)N. The van der Waals surface area contributed by atoms with Crippen LogP contribution >= 0.6 is 49.6 Å². The highest BCUT2D eigenvalue weighted by Crippen LogP contribution is 2.28. The van der Waals surface area contributed by atoms with Crippen LogP contribution in [-0.2, 0) is 0 Å². The van der Waals surface area contributed by atoms with Crippen molar-refractivity contribution >= 4 is 60.9 Å². The molecule has 20 heavy (non-hydrogen) atoms. The van der Waals surface area contributed by atoms with Gasteiger partial charge in [-0.25, -0.2) is 0 Å². The van der Waals surface area contributed by atoms with Gasteiger partial charge in [0.1, 0.15) is 5.66 Å². The summed E-state index contributed by atoms with van der Waals surface area (Å²) in [7, 11) is 0. The number of hydrogen-bond acceptors (Lipinski definition) is 4. The van der Waals surface area contributed by atoms with Crippen molar-refractivity contribution in [3.05, 3.63) is 47.7 Å².